The minimum atomic E-state index is -0.184. The van der Waals surface area contributed by atoms with E-state index in [-0.39, 0.29) is 11.7 Å². The van der Waals surface area contributed by atoms with E-state index in [2.05, 4.69) is 11.0 Å². The summed E-state index contributed by atoms with van der Waals surface area (Å²) in [6.07, 6.45) is 3.24. The molecule has 0 radical (unpaired) electrons. The molecule has 0 saturated carbocycles. The number of rotatable bonds is 6. The summed E-state index contributed by atoms with van der Waals surface area (Å²) in [5.41, 5.74) is 1.92. The van der Waals surface area contributed by atoms with Gasteiger partial charge in [0, 0.05) is 32.2 Å². The van der Waals surface area contributed by atoms with Gasteiger partial charge in [-0.1, -0.05) is 42.5 Å². The Bertz CT molecular complexity index is 1000. The van der Waals surface area contributed by atoms with Crippen molar-refractivity contribution in [1.82, 2.24) is 9.80 Å². The minimum Gasteiger partial charge on any atom is -0.341 e. The van der Waals surface area contributed by atoms with E-state index >= 15 is 0 Å². The lowest BCUT2D eigenvalue weighted by Gasteiger charge is -2.34. The van der Waals surface area contributed by atoms with Gasteiger partial charge >= 0.3 is 0 Å². The normalized spacial score (nSPS) is 17.2. The van der Waals surface area contributed by atoms with Gasteiger partial charge in [0.2, 0.25) is 0 Å². The molecule has 4 rings (SSSR count). The second kappa shape index (κ2) is 9.40. The van der Waals surface area contributed by atoms with Crippen molar-refractivity contribution in [2.45, 2.75) is 19.3 Å². The Morgan fingerprint density at radius 2 is 1.83 bits per heavy atom. The largest absolute Gasteiger partial charge is 0.341 e. The third kappa shape index (κ3) is 5.06. The molecule has 3 aromatic rings. The fourth-order valence-electron chi connectivity index (χ4n) is 4.45. The average Bonchev–Trinajstić information content (AvgIpc) is 2.78. The fourth-order valence-corrected chi connectivity index (χ4v) is 4.45. The summed E-state index contributed by atoms with van der Waals surface area (Å²) in [5, 5.41) is 2.25. The summed E-state index contributed by atoms with van der Waals surface area (Å²) >= 11 is 0. The molecule has 1 amide bonds. The molecule has 0 N–H and O–H groups in total. The van der Waals surface area contributed by atoms with E-state index < -0.39 is 0 Å². The van der Waals surface area contributed by atoms with Crippen LogP contribution in [0.15, 0.2) is 66.7 Å². The van der Waals surface area contributed by atoms with Crippen LogP contribution in [-0.4, -0.2) is 48.9 Å². The first-order valence-corrected chi connectivity index (χ1v) is 10.8. The number of hydrogen-bond acceptors (Lipinski definition) is 2. The molecule has 3 nitrogen and oxygen atoms in total. The van der Waals surface area contributed by atoms with E-state index in [1.54, 1.807) is 0 Å². The van der Waals surface area contributed by atoms with Crippen molar-refractivity contribution in [3.8, 4) is 0 Å². The molecule has 30 heavy (non-hydrogen) atoms. The summed E-state index contributed by atoms with van der Waals surface area (Å²) in [6.45, 7) is 3.86. The lowest BCUT2D eigenvalue weighted by molar-refractivity contribution is 0.0730. The quantitative estimate of drug-likeness (QED) is 0.577. The van der Waals surface area contributed by atoms with E-state index in [4.69, 9.17) is 0 Å². The zero-order valence-electron chi connectivity index (χ0n) is 17.6. The van der Waals surface area contributed by atoms with Crippen LogP contribution in [-0.2, 0) is 6.42 Å². The molecule has 0 aromatic heterocycles. The van der Waals surface area contributed by atoms with Crippen LogP contribution in [0.5, 0.6) is 0 Å². The van der Waals surface area contributed by atoms with Gasteiger partial charge in [0.15, 0.2) is 0 Å². The molecule has 1 saturated heterocycles. The molecule has 1 aliphatic rings. The van der Waals surface area contributed by atoms with Gasteiger partial charge in [-0.15, -0.1) is 0 Å². The zero-order valence-corrected chi connectivity index (χ0v) is 17.6. The van der Waals surface area contributed by atoms with Crippen LogP contribution < -0.4 is 0 Å². The third-order valence-corrected chi connectivity index (χ3v) is 6.11. The third-order valence-electron chi connectivity index (χ3n) is 6.11. The monoisotopic (exact) mass is 404 g/mol. The number of benzene rings is 3. The second-order valence-corrected chi connectivity index (χ2v) is 8.43. The van der Waals surface area contributed by atoms with Gasteiger partial charge in [0.05, 0.1) is 0 Å². The summed E-state index contributed by atoms with van der Waals surface area (Å²) < 4.78 is 13.1. The maximum atomic E-state index is 13.1. The molecule has 0 spiro atoms. The Kier molecular flexibility index (Phi) is 6.44. The van der Waals surface area contributed by atoms with Gasteiger partial charge in [0.25, 0.3) is 5.91 Å². The predicted octanol–water partition coefficient (Wildman–Crippen LogP) is 5.01. The lowest BCUT2D eigenvalue weighted by Crippen LogP contribution is -2.42. The first-order chi connectivity index (χ1) is 14.6. The van der Waals surface area contributed by atoms with Crippen LogP contribution >= 0.6 is 0 Å². The number of amides is 1. The average molecular weight is 405 g/mol. The molecule has 1 atom stereocenters. The van der Waals surface area contributed by atoms with Gasteiger partial charge in [-0.2, -0.15) is 0 Å². The number of piperidine rings is 1. The van der Waals surface area contributed by atoms with Gasteiger partial charge in [0.1, 0.15) is 5.82 Å². The van der Waals surface area contributed by atoms with Crippen molar-refractivity contribution < 1.29 is 9.18 Å². The van der Waals surface area contributed by atoms with E-state index in [0.29, 0.717) is 5.92 Å². The van der Waals surface area contributed by atoms with Crippen molar-refractivity contribution in [2.75, 3.05) is 33.2 Å². The van der Waals surface area contributed by atoms with Crippen molar-refractivity contribution >= 4 is 16.7 Å². The van der Waals surface area contributed by atoms with Gasteiger partial charge in [-0.3, -0.25) is 4.79 Å². The van der Waals surface area contributed by atoms with Crippen molar-refractivity contribution in [2.24, 2.45) is 5.92 Å². The van der Waals surface area contributed by atoms with Crippen LogP contribution in [0, 0.1) is 11.7 Å². The lowest BCUT2D eigenvalue weighted by atomic mass is 9.96. The Morgan fingerprint density at radius 1 is 1.07 bits per heavy atom. The molecule has 0 bridgehead atoms. The van der Waals surface area contributed by atoms with Crippen molar-refractivity contribution in [3.05, 3.63) is 83.7 Å². The van der Waals surface area contributed by atoms with E-state index in [0.717, 1.165) is 61.8 Å². The number of carbonyl (C=O) groups is 1. The van der Waals surface area contributed by atoms with Crippen LogP contribution in [0.25, 0.3) is 10.8 Å². The molecule has 1 heterocycles. The first-order valence-electron chi connectivity index (χ1n) is 10.8. The molecule has 1 aliphatic heterocycles. The maximum absolute atomic E-state index is 13.1. The highest BCUT2D eigenvalue weighted by molar-refractivity contribution is 5.98. The SMILES string of the molecule is CN(C[C@@H]1CCCN(CCc2ccc(F)cc2)C1)C(=O)c1ccc2ccccc2c1. The molecule has 1 fully saturated rings. The maximum Gasteiger partial charge on any atom is 0.253 e. The first kappa shape index (κ1) is 20.5. The van der Waals surface area contributed by atoms with Crippen molar-refractivity contribution in [3.63, 3.8) is 0 Å². The Morgan fingerprint density at radius 3 is 2.63 bits per heavy atom. The highest BCUT2D eigenvalue weighted by Crippen LogP contribution is 2.20. The molecule has 156 valence electrons. The fraction of sp³-hybridized carbons (Fsp3) is 0.346. The minimum absolute atomic E-state index is 0.0872. The van der Waals surface area contributed by atoms with Gasteiger partial charge in [-0.25, -0.2) is 4.39 Å². The highest BCUT2D eigenvalue weighted by atomic mass is 19.1. The standard InChI is InChI=1S/C26H29FN2O/c1-28(26(30)24-11-10-22-6-2-3-7-23(22)17-24)18-21-5-4-15-29(19-21)16-14-20-8-12-25(27)13-9-20/h2-3,6-13,17,21H,4-5,14-16,18-19H2,1H3/t21-/m0/s1. The topological polar surface area (TPSA) is 23.6 Å². The molecule has 0 unspecified atom stereocenters. The predicted molar refractivity (Wildman–Crippen MR) is 120 cm³/mol. The van der Waals surface area contributed by atoms with E-state index in [1.165, 1.54) is 17.7 Å². The number of carbonyl (C=O) groups excluding carboxylic acids is 1. The van der Waals surface area contributed by atoms with E-state index in [1.807, 2.05) is 60.5 Å². The Balaban J connectivity index is 1.32. The summed E-state index contributed by atoms with van der Waals surface area (Å²) in [5.74, 6) is 0.390. The Hall–Kier alpha value is -2.72. The molecular weight excluding hydrogens is 375 g/mol. The number of nitrogens with zero attached hydrogens (tertiary/aromatic N) is 2. The van der Waals surface area contributed by atoms with Crippen LogP contribution in [0.1, 0.15) is 28.8 Å². The molecular formula is C26H29FN2O. The van der Waals surface area contributed by atoms with E-state index in [9.17, 15) is 9.18 Å². The Labute approximate surface area is 178 Å². The second-order valence-electron chi connectivity index (χ2n) is 8.43. The van der Waals surface area contributed by atoms with Gasteiger partial charge in [-0.05, 0) is 72.3 Å². The van der Waals surface area contributed by atoms with Crippen LogP contribution in [0.2, 0.25) is 0 Å². The van der Waals surface area contributed by atoms with Crippen molar-refractivity contribution in [1.29, 1.82) is 0 Å². The smallest absolute Gasteiger partial charge is 0.253 e. The highest BCUT2D eigenvalue weighted by Gasteiger charge is 2.23. The number of likely N-dealkylation sites (tertiary alicyclic amines) is 1. The zero-order chi connectivity index (χ0) is 20.9. The summed E-state index contributed by atoms with van der Waals surface area (Å²) in [6, 6.07) is 20.9. The number of halogens is 1. The molecule has 3 aromatic carbocycles. The number of fused-ring (bicyclic) bond motifs is 1. The summed E-state index contributed by atoms with van der Waals surface area (Å²) in [7, 11) is 1.91. The van der Waals surface area contributed by atoms with Gasteiger partial charge < -0.3 is 9.80 Å². The van der Waals surface area contributed by atoms with Crippen LogP contribution in [0.4, 0.5) is 4.39 Å². The molecule has 0 aliphatic carbocycles. The van der Waals surface area contributed by atoms with Crippen LogP contribution in [0.3, 0.4) is 0 Å². The summed E-state index contributed by atoms with van der Waals surface area (Å²) in [4.78, 5) is 17.3. The molecule has 4 heteroatoms. The number of hydrogen-bond donors (Lipinski definition) is 0.